The zero-order valence-corrected chi connectivity index (χ0v) is 15.0. The molecule has 27 heavy (non-hydrogen) atoms. The van der Waals surface area contributed by atoms with Crippen LogP contribution in [0.1, 0.15) is 35.5 Å². The summed E-state index contributed by atoms with van der Waals surface area (Å²) in [5.74, 6) is -1.70. The number of carbonyl (C=O) groups is 3. The molecule has 0 fully saturated rings. The molecular weight excluding hydrogens is 352 g/mol. The van der Waals surface area contributed by atoms with E-state index in [4.69, 9.17) is 4.74 Å². The lowest BCUT2D eigenvalue weighted by Gasteiger charge is -2.17. The summed E-state index contributed by atoms with van der Waals surface area (Å²) >= 11 is 0. The predicted octanol–water partition coefficient (Wildman–Crippen LogP) is 1.01. The highest BCUT2D eigenvalue weighted by molar-refractivity contribution is 5.98. The Kier molecular flexibility index (Phi) is 6.81. The van der Waals surface area contributed by atoms with Gasteiger partial charge in [0.2, 0.25) is 6.10 Å². The average molecular weight is 372 g/mol. The Morgan fingerprint density at radius 1 is 1.15 bits per heavy atom. The van der Waals surface area contributed by atoms with E-state index in [0.29, 0.717) is 18.5 Å². The van der Waals surface area contributed by atoms with Crippen molar-refractivity contribution in [3.05, 3.63) is 64.1 Å². The van der Waals surface area contributed by atoms with E-state index >= 15 is 0 Å². The first-order valence-corrected chi connectivity index (χ1v) is 8.33. The molecule has 1 heterocycles. The van der Waals surface area contributed by atoms with Crippen LogP contribution in [0.5, 0.6) is 0 Å². The molecule has 0 unspecified atom stereocenters. The molecule has 2 aromatic rings. The molecule has 1 aromatic carbocycles. The second-order valence-electron chi connectivity index (χ2n) is 5.54. The topological polar surface area (TPSA) is 119 Å². The number of nitrogens with one attached hydrogen (secondary N) is 2. The van der Waals surface area contributed by atoms with Gasteiger partial charge >= 0.3 is 12.0 Å². The monoisotopic (exact) mass is 372 g/mol. The quantitative estimate of drug-likeness (QED) is 0.730. The standard InChI is InChI=1S/C18H20N4O5/c1-3-11-22-14(23)10-9-13(21-22)17(25)27-15(12-7-5-4-6-8-12)16(24)20-18(26)19-2/h4-10,15H,3,11H2,1-2H3,(H2,19,20,24,26)/t15-/m0/s1. The van der Waals surface area contributed by atoms with Crippen molar-refractivity contribution in [2.75, 3.05) is 7.05 Å². The Morgan fingerprint density at radius 2 is 1.85 bits per heavy atom. The van der Waals surface area contributed by atoms with Gasteiger partial charge in [0, 0.05) is 25.2 Å². The summed E-state index contributed by atoms with van der Waals surface area (Å²) in [6.07, 6.45) is -0.698. The first kappa shape index (κ1) is 19.8. The summed E-state index contributed by atoms with van der Waals surface area (Å²) in [6.45, 7) is 2.22. The van der Waals surface area contributed by atoms with Crippen molar-refractivity contribution < 1.29 is 19.1 Å². The number of nitrogens with zero attached hydrogens (tertiary/aromatic N) is 2. The molecule has 3 amide bonds. The minimum absolute atomic E-state index is 0.114. The minimum atomic E-state index is -1.36. The predicted molar refractivity (Wildman–Crippen MR) is 96.0 cm³/mol. The third-order valence-corrected chi connectivity index (χ3v) is 3.54. The van der Waals surface area contributed by atoms with Crippen LogP contribution in [-0.2, 0) is 16.1 Å². The van der Waals surface area contributed by atoms with Gasteiger partial charge in [-0.3, -0.25) is 14.9 Å². The molecule has 9 nitrogen and oxygen atoms in total. The van der Waals surface area contributed by atoms with Crippen molar-refractivity contribution in [2.24, 2.45) is 0 Å². The van der Waals surface area contributed by atoms with Crippen molar-refractivity contribution in [3.8, 4) is 0 Å². The number of urea groups is 1. The Hall–Kier alpha value is -3.49. The number of carbonyl (C=O) groups excluding carboxylic acids is 3. The molecule has 142 valence electrons. The lowest BCUT2D eigenvalue weighted by Crippen LogP contribution is -2.41. The summed E-state index contributed by atoms with van der Waals surface area (Å²) in [6, 6.07) is 9.97. The van der Waals surface area contributed by atoms with E-state index in [1.54, 1.807) is 30.3 Å². The van der Waals surface area contributed by atoms with E-state index in [2.05, 4.69) is 15.7 Å². The molecule has 0 aliphatic rings. The first-order valence-electron chi connectivity index (χ1n) is 8.33. The Morgan fingerprint density at radius 3 is 2.48 bits per heavy atom. The van der Waals surface area contributed by atoms with E-state index in [0.717, 1.165) is 4.68 Å². The number of hydrogen-bond donors (Lipinski definition) is 2. The van der Waals surface area contributed by atoms with E-state index in [1.807, 2.05) is 6.92 Å². The van der Waals surface area contributed by atoms with Gasteiger partial charge in [0.05, 0.1) is 0 Å². The van der Waals surface area contributed by atoms with E-state index in [1.165, 1.54) is 19.2 Å². The smallest absolute Gasteiger partial charge is 0.359 e. The number of hydrogen-bond acceptors (Lipinski definition) is 6. The normalized spacial score (nSPS) is 11.3. The second kappa shape index (κ2) is 9.27. The maximum Gasteiger partial charge on any atom is 0.359 e. The first-order chi connectivity index (χ1) is 13.0. The number of imide groups is 1. The highest BCUT2D eigenvalue weighted by Gasteiger charge is 2.27. The number of aryl methyl sites for hydroxylation is 1. The molecule has 0 aliphatic heterocycles. The zero-order valence-electron chi connectivity index (χ0n) is 15.0. The van der Waals surface area contributed by atoms with Gasteiger partial charge in [-0.2, -0.15) is 5.10 Å². The van der Waals surface area contributed by atoms with Crippen LogP contribution in [0.3, 0.4) is 0 Å². The van der Waals surface area contributed by atoms with Crippen molar-refractivity contribution in [2.45, 2.75) is 26.0 Å². The van der Waals surface area contributed by atoms with Crippen LogP contribution in [0.2, 0.25) is 0 Å². The summed E-state index contributed by atoms with van der Waals surface area (Å²) in [5.41, 5.74) is -0.0729. The van der Waals surface area contributed by atoms with Gasteiger partial charge in [-0.25, -0.2) is 14.3 Å². The van der Waals surface area contributed by atoms with Crippen LogP contribution in [0.4, 0.5) is 4.79 Å². The van der Waals surface area contributed by atoms with E-state index < -0.39 is 24.0 Å². The fraction of sp³-hybridized carbons (Fsp3) is 0.278. The highest BCUT2D eigenvalue weighted by Crippen LogP contribution is 2.19. The van der Waals surface area contributed by atoms with Crippen LogP contribution in [0.15, 0.2) is 47.3 Å². The van der Waals surface area contributed by atoms with Crippen molar-refractivity contribution in [1.29, 1.82) is 0 Å². The molecule has 1 aromatic heterocycles. The van der Waals surface area contributed by atoms with Gasteiger partial charge in [-0.05, 0) is 12.5 Å². The van der Waals surface area contributed by atoms with Gasteiger partial charge in [0.25, 0.3) is 11.5 Å². The zero-order chi connectivity index (χ0) is 19.8. The summed E-state index contributed by atoms with van der Waals surface area (Å²) in [5, 5.41) is 8.30. The molecule has 0 aliphatic carbocycles. The number of ether oxygens (including phenoxy) is 1. The molecule has 2 rings (SSSR count). The van der Waals surface area contributed by atoms with Gasteiger partial charge in [0.15, 0.2) is 5.69 Å². The molecular formula is C18H20N4O5. The van der Waals surface area contributed by atoms with Crippen molar-refractivity contribution in [3.63, 3.8) is 0 Å². The third-order valence-electron chi connectivity index (χ3n) is 3.54. The molecule has 9 heteroatoms. The molecule has 0 saturated heterocycles. The minimum Gasteiger partial charge on any atom is -0.442 e. The molecule has 0 radical (unpaired) electrons. The number of benzene rings is 1. The SMILES string of the molecule is CCCn1nc(C(=O)O[C@H](C(=O)NC(=O)NC)c2ccccc2)ccc1=O. The fourth-order valence-electron chi connectivity index (χ4n) is 2.24. The maximum absolute atomic E-state index is 12.5. The van der Waals surface area contributed by atoms with Crippen molar-refractivity contribution >= 4 is 17.9 Å². The number of esters is 1. The van der Waals surface area contributed by atoms with Gasteiger partial charge in [-0.1, -0.05) is 37.3 Å². The van der Waals surface area contributed by atoms with E-state index in [9.17, 15) is 19.2 Å². The van der Waals surface area contributed by atoms with Gasteiger partial charge in [0.1, 0.15) is 0 Å². The molecule has 0 spiro atoms. The summed E-state index contributed by atoms with van der Waals surface area (Å²) in [7, 11) is 1.35. The van der Waals surface area contributed by atoms with Gasteiger partial charge in [-0.15, -0.1) is 0 Å². The van der Waals surface area contributed by atoms with Crippen LogP contribution in [0.25, 0.3) is 0 Å². The Labute approximate surface area is 155 Å². The van der Waals surface area contributed by atoms with Gasteiger partial charge < -0.3 is 10.1 Å². The highest BCUT2D eigenvalue weighted by atomic mass is 16.5. The number of aromatic nitrogens is 2. The van der Waals surface area contributed by atoms with Crippen LogP contribution in [0, 0.1) is 0 Å². The maximum atomic E-state index is 12.5. The number of amides is 3. The van der Waals surface area contributed by atoms with Crippen LogP contribution >= 0.6 is 0 Å². The summed E-state index contributed by atoms with van der Waals surface area (Å²) < 4.78 is 6.45. The lowest BCUT2D eigenvalue weighted by molar-refractivity contribution is -0.129. The largest absolute Gasteiger partial charge is 0.442 e. The Balaban J connectivity index is 2.28. The third kappa shape index (κ3) is 5.24. The summed E-state index contributed by atoms with van der Waals surface area (Å²) in [4.78, 5) is 48.0. The average Bonchev–Trinajstić information content (AvgIpc) is 2.68. The van der Waals surface area contributed by atoms with Crippen molar-refractivity contribution in [1.82, 2.24) is 20.4 Å². The Bertz CT molecular complexity index is 879. The second-order valence-corrected chi connectivity index (χ2v) is 5.54. The fourth-order valence-corrected chi connectivity index (χ4v) is 2.24. The van der Waals surface area contributed by atoms with Crippen LogP contribution < -0.4 is 16.2 Å². The molecule has 0 bridgehead atoms. The van der Waals surface area contributed by atoms with E-state index in [-0.39, 0.29) is 11.3 Å². The number of rotatable bonds is 6. The molecule has 2 N–H and O–H groups in total. The van der Waals surface area contributed by atoms with Crippen LogP contribution in [-0.4, -0.2) is 34.7 Å². The molecule has 0 saturated carbocycles. The lowest BCUT2D eigenvalue weighted by atomic mass is 10.1. The molecule has 1 atom stereocenters.